The SMILES string of the molecule is CCOc1c2ccc(OS(=O)(=O)c3ccc(O)cc3)cc2cc2ccc(OS(=O)(=O)c3ccc(O)cc3)cc12. The van der Waals surface area contributed by atoms with Gasteiger partial charge in [0.1, 0.15) is 38.5 Å². The van der Waals surface area contributed by atoms with E-state index in [9.17, 15) is 27.0 Å². The summed E-state index contributed by atoms with van der Waals surface area (Å²) in [6.45, 7) is 2.13. The quantitative estimate of drug-likeness (QED) is 0.188. The van der Waals surface area contributed by atoms with Crippen molar-refractivity contribution < 1.29 is 40.2 Å². The van der Waals surface area contributed by atoms with Gasteiger partial charge in [-0.2, -0.15) is 16.8 Å². The highest BCUT2D eigenvalue weighted by molar-refractivity contribution is 7.87. The van der Waals surface area contributed by atoms with Gasteiger partial charge in [0.05, 0.1) is 6.61 Å². The molecule has 9 nitrogen and oxygen atoms in total. The highest BCUT2D eigenvalue weighted by Crippen LogP contribution is 2.39. The van der Waals surface area contributed by atoms with E-state index in [1.54, 1.807) is 30.3 Å². The van der Waals surface area contributed by atoms with Crippen LogP contribution in [-0.4, -0.2) is 33.7 Å². The highest BCUT2D eigenvalue weighted by atomic mass is 32.2. The van der Waals surface area contributed by atoms with Gasteiger partial charge in [0, 0.05) is 10.8 Å². The lowest BCUT2D eigenvalue weighted by molar-refractivity contribution is 0.348. The molecule has 0 bridgehead atoms. The Labute approximate surface area is 224 Å². The fraction of sp³-hybridized carbons (Fsp3) is 0.0714. The zero-order chi connectivity index (χ0) is 27.8. The fourth-order valence-electron chi connectivity index (χ4n) is 4.02. The number of rotatable bonds is 8. The molecule has 0 aliphatic heterocycles. The van der Waals surface area contributed by atoms with Gasteiger partial charge >= 0.3 is 20.2 Å². The van der Waals surface area contributed by atoms with Gasteiger partial charge in [-0.3, -0.25) is 0 Å². The van der Waals surface area contributed by atoms with Gasteiger partial charge in [-0.05, 0) is 103 Å². The molecule has 39 heavy (non-hydrogen) atoms. The monoisotopic (exact) mass is 566 g/mol. The van der Waals surface area contributed by atoms with Crippen molar-refractivity contribution >= 4 is 41.8 Å². The number of hydrogen-bond acceptors (Lipinski definition) is 9. The standard InChI is InChI=1S/C28H22O9S2/c1-2-35-28-26-14-9-22(36-38(31,32)24-10-4-20(29)5-11-24)16-19(26)15-18-3-8-23(17-27(18)28)37-39(33,34)25-12-6-21(30)7-13-25/h3-17,29-30H,2H2,1H3. The van der Waals surface area contributed by atoms with E-state index in [1.165, 1.54) is 60.7 Å². The van der Waals surface area contributed by atoms with Gasteiger partial charge in [0.2, 0.25) is 0 Å². The molecule has 0 aromatic heterocycles. The van der Waals surface area contributed by atoms with Crippen molar-refractivity contribution in [2.45, 2.75) is 16.7 Å². The Morgan fingerprint density at radius 2 is 1.10 bits per heavy atom. The lowest BCUT2D eigenvalue weighted by Gasteiger charge is -2.15. The summed E-state index contributed by atoms with van der Waals surface area (Å²) >= 11 is 0. The van der Waals surface area contributed by atoms with Crippen LogP contribution in [0.5, 0.6) is 28.7 Å². The van der Waals surface area contributed by atoms with Gasteiger partial charge in [-0.1, -0.05) is 6.07 Å². The summed E-state index contributed by atoms with van der Waals surface area (Å²) in [6.07, 6.45) is 0. The highest BCUT2D eigenvalue weighted by Gasteiger charge is 2.20. The molecule has 0 atom stereocenters. The van der Waals surface area contributed by atoms with Crippen LogP contribution in [0.15, 0.2) is 101 Å². The van der Waals surface area contributed by atoms with E-state index in [1.807, 2.05) is 6.92 Å². The Morgan fingerprint density at radius 1 is 0.590 bits per heavy atom. The maximum absolute atomic E-state index is 12.7. The Kier molecular flexibility index (Phi) is 6.71. The molecule has 0 radical (unpaired) electrons. The maximum atomic E-state index is 12.7. The van der Waals surface area contributed by atoms with Gasteiger partial charge in [-0.25, -0.2) is 0 Å². The summed E-state index contributed by atoms with van der Waals surface area (Å²) in [5.74, 6) is 0.472. The lowest BCUT2D eigenvalue weighted by atomic mass is 10.0. The fourth-order valence-corrected chi connectivity index (χ4v) is 5.86. The maximum Gasteiger partial charge on any atom is 0.339 e. The summed E-state index contributed by atoms with van der Waals surface area (Å²) < 4.78 is 67.4. The van der Waals surface area contributed by atoms with Crippen LogP contribution in [0.4, 0.5) is 0 Å². The third-order valence-corrected chi connectivity index (χ3v) is 8.32. The van der Waals surface area contributed by atoms with Crippen LogP contribution in [0.3, 0.4) is 0 Å². The summed E-state index contributed by atoms with van der Waals surface area (Å²) in [6, 6.07) is 21.2. The van der Waals surface area contributed by atoms with Crippen LogP contribution < -0.4 is 13.1 Å². The van der Waals surface area contributed by atoms with Crippen LogP contribution in [0.2, 0.25) is 0 Å². The predicted octanol–water partition coefficient (Wildman–Crippen LogP) is 5.34. The molecule has 200 valence electrons. The second kappa shape index (κ2) is 10.0. The minimum Gasteiger partial charge on any atom is -0.508 e. The Morgan fingerprint density at radius 3 is 1.64 bits per heavy atom. The van der Waals surface area contributed by atoms with E-state index < -0.39 is 20.2 Å². The molecular formula is C28H22O9S2. The van der Waals surface area contributed by atoms with Crippen molar-refractivity contribution in [3.63, 3.8) is 0 Å². The van der Waals surface area contributed by atoms with E-state index in [0.29, 0.717) is 33.9 Å². The minimum atomic E-state index is -4.15. The number of aromatic hydroxyl groups is 2. The summed E-state index contributed by atoms with van der Waals surface area (Å²) in [7, 11) is -8.29. The van der Waals surface area contributed by atoms with Crippen LogP contribution in [-0.2, 0) is 20.2 Å². The first-order valence-corrected chi connectivity index (χ1v) is 14.5. The molecule has 0 aliphatic carbocycles. The molecule has 0 amide bonds. The molecule has 0 saturated carbocycles. The van der Waals surface area contributed by atoms with Gasteiger partial charge in [-0.15, -0.1) is 0 Å². The number of benzene rings is 5. The Bertz CT molecular complexity index is 1900. The molecule has 0 heterocycles. The van der Waals surface area contributed by atoms with Crippen molar-refractivity contribution in [2.75, 3.05) is 6.61 Å². The van der Waals surface area contributed by atoms with Crippen molar-refractivity contribution in [3.05, 3.63) is 91.0 Å². The molecule has 0 saturated heterocycles. The smallest absolute Gasteiger partial charge is 0.339 e. The normalized spacial score (nSPS) is 11.9. The summed E-state index contributed by atoms with van der Waals surface area (Å²) in [5, 5.41) is 21.4. The van der Waals surface area contributed by atoms with E-state index >= 15 is 0 Å². The number of phenolic OH excluding ortho intramolecular Hbond substituents is 2. The van der Waals surface area contributed by atoms with E-state index in [4.69, 9.17) is 13.1 Å². The second-order valence-electron chi connectivity index (χ2n) is 8.47. The zero-order valence-electron chi connectivity index (χ0n) is 20.4. The average Bonchev–Trinajstić information content (AvgIpc) is 2.89. The average molecular weight is 567 g/mol. The van der Waals surface area contributed by atoms with Crippen molar-refractivity contribution in [2.24, 2.45) is 0 Å². The lowest BCUT2D eigenvalue weighted by Crippen LogP contribution is -2.09. The first-order valence-electron chi connectivity index (χ1n) is 11.7. The molecule has 11 heteroatoms. The Balaban J connectivity index is 1.53. The predicted molar refractivity (Wildman–Crippen MR) is 144 cm³/mol. The summed E-state index contributed by atoms with van der Waals surface area (Å²) in [4.78, 5) is -0.220. The van der Waals surface area contributed by atoms with E-state index in [0.717, 1.165) is 0 Å². The van der Waals surface area contributed by atoms with E-state index in [2.05, 4.69) is 0 Å². The molecule has 0 aliphatic rings. The van der Waals surface area contributed by atoms with Gasteiger partial charge in [0.25, 0.3) is 0 Å². The van der Waals surface area contributed by atoms with Gasteiger partial charge < -0.3 is 23.3 Å². The van der Waals surface area contributed by atoms with Crippen LogP contribution in [0.25, 0.3) is 21.5 Å². The van der Waals surface area contributed by atoms with Crippen LogP contribution in [0.1, 0.15) is 6.92 Å². The molecule has 0 fully saturated rings. The number of hydrogen-bond donors (Lipinski definition) is 2. The second-order valence-corrected chi connectivity index (χ2v) is 11.6. The van der Waals surface area contributed by atoms with Crippen molar-refractivity contribution in [1.29, 1.82) is 0 Å². The molecular weight excluding hydrogens is 544 g/mol. The summed E-state index contributed by atoms with van der Waals surface area (Å²) in [5.41, 5.74) is 0. The molecule has 2 N–H and O–H groups in total. The molecule has 5 aromatic carbocycles. The van der Waals surface area contributed by atoms with Crippen molar-refractivity contribution in [3.8, 4) is 28.7 Å². The third kappa shape index (κ3) is 5.40. The van der Waals surface area contributed by atoms with Crippen LogP contribution >= 0.6 is 0 Å². The molecule has 5 rings (SSSR count). The minimum absolute atomic E-state index is 0.0656. The molecule has 0 unspecified atom stereocenters. The van der Waals surface area contributed by atoms with Crippen LogP contribution in [0, 0.1) is 0 Å². The van der Waals surface area contributed by atoms with Crippen molar-refractivity contribution in [1.82, 2.24) is 0 Å². The zero-order valence-corrected chi connectivity index (χ0v) is 22.1. The molecule has 5 aromatic rings. The first kappa shape index (κ1) is 26.1. The Hall–Kier alpha value is -4.48. The number of ether oxygens (including phenoxy) is 1. The third-order valence-electron chi connectivity index (χ3n) is 5.80. The number of phenols is 2. The van der Waals surface area contributed by atoms with E-state index in [-0.39, 0.29) is 32.8 Å². The largest absolute Gasteiger partial charge is 0.508 e. The van der Waals surface area contributed by atoms with Gasteiger partial charge in [0.15, 0.2) is 0 Å². The number of fused-ring (bicyclic) bond motifs is 2. The first-order chi connectivity index (χ1) is 18.6. The molecule has 0 spiro atoms. The topological polar surface area (TPSA) is 136 Å².